The summed E-state index contributed by atoms with van der Waals surface area (Å²) >= 11 is 0. The summed E-state index contributed by atoms with van der Waals surface area (Å²) in [7, 11) is 0. The summed E-state index contributed by atoms with van der Waals surface area (Å²) in [4.78, 5) is 0. The highest BCUT2D eigenvalue weighted by Crippen LogP contribution is 2.18. The highest BCUT2D eigenvalue weighted by atomic mass is 14.1. The van der Waals surface area contributed by atoms with Gasteiger partial charge in [0.05, 0.1) is 0 Å². The van der Waals surface area contributed by atoms with E-state index in [1.807, 2.05) is 0 Å². The van der Waals surface area contributed by atoms with E-state index in [1.54, 1.807) is 0 Å². The van der Waals surface area contributed by atoms with Gasteiger partial charge in [-0.1, -0.05) is 82.0 Å². The van der Waals surface area contributed by atoms with Crippen LogP contribution < -0.4 is 0 Å². The topological polar surface area (TPSA) is 0 Å². The summed E-state index contributed by atoms with van der Waals surface area (Å²) in [6, 6.07) is 10.8. The van der Waals surface area contributed by atoms with Crippen LogP contribution in [0.15, 0.2) is 42.5 Å². The lowest BCUT2D eigenvalue weighted by Gasteiger charge is -2.08. The van der Waals surface area contributed by atoms with Crippen LogP contribution in [0.3, 0.4) is 0 Å². The van der Waals surface area contributed by atoms with Gasteiger partial charge < -0.3 is 0 Å². The van der Waals surface area contributed by atoms with Crippen molar-refractivity contribution in [3.8, 4) is 0 Å². The van der Waals surface area contributed by atoms with Crippen molar-refractivity contribution in [3.63, 3.8) is 0 Å². The average Bonchev–Trinajstić information content (AvgIpc) is 2.42. The van der Waals surface area contributed by atoms with Gasteiger partial charge in [0.2, 0.25) is 0 Å². The monoisotopic (exact) mass is 244 g/mol. The SMILES string of the molecule is CCCCCCCC=CCC(C)c1ccccc1. The summed E-state index contributed by atoms with van der Waals surface area (Å²) in [5.41, 5.74) is 1.45. The van der Waals surface area contributed by atoms with Crippen LogP contribution in [0.25, 0.3) is 0 Å². The second kappa shape index (κ2) is 9.94. The summed E-state index contributed by atoms with van der Waals surface area (Å²) in [6.45, 7) is 4.58. The maximum absolute atomic E-state index is 2.37. The number of allylic oxidation sites excluding steroid dienone is 2. The average molecular weight is 244 g/mol. The molecule has 0 saturated carbocycles. The summed E-state index contributed by atoms with van der Waals surface area (Å²) in [6.07, 6.45) is 14.0. The van der Waals surface area contributed by atoms with Gasteiger partial charge in [0, 0.05) is 0 Å². The quantitative estimate of drug-likeness (QED) is 0.364. The Morgan fingerprint density at radius 1 is 0.944 bits per heavy atom. The Bertz CT molecular complexity index is 310. The Balaban J connectivity index is 2.09. The lowest BCUT2D eigenvalue weighted by molar-refractivity contribution is 0.636. The molecule has 0 aliphatic rings. The van der Waals surface area contributed by atoms with Crippen LogP contribution in [-0.4, -0.2) is 0 Å². The predicted molar refractivity (Wildman–Crippen MR) is 82.0 cm³/mol. The second-order valence-corrected chi connectivity index (χ2v) is 5.22. The first-order valence-corrected chi connectivity index (χ1v) is 7.54. The zero-order chi connectivity index (χ0) is 13.1. The van der Waals surface area contributed by atoms with E-state index < -0.39 is 0 Å². The van der Waals surface area contributed by atoms with Crippen LogP contribution in [-0.2, 0) is 0 Å². The molecular formula is C18H28. The van der Waals surface area contributed by atoms with Gasteiger partial charge in [-0.2, -0.15) is 0 Å². The molecule has 1 rings (SSSR count). The number of benzene rings is 1. The lowest BCUT2D eigenvalue weighted by atomic mass is 9.97. The van der Waals surface area contributed by atoms with E-state index >= 15 is 0 Å². The van der Waals surface area contributed by atoms with Gasteiger partial charge >= 0.3 is 0 Å². The third-order valence-corrected chi connectivity index (χ3v) is 3.50. The summed E-state index contributed by atoms with van der Waals surface area (Å²) < 4.78 is 0. The Morgan fingerprint density at radius 2 is 1.67 bits per heavy atom. The van der Waals surface area contributed by atoms with Crippen LogP contribution in [0.5, 0.6) is 0 Å². The minimum Gasteiger partial charge on any atom is -0.0885 e. The Kier molecular flexibility index (Phi) is 8.29. The largest absolute Gasteiger partial charge is 0.0885 e. The van der Waals surface area contributed by atoms with Crippen LogP contribution in [0.4, 0.5) is 0 Å². The fourth-order valence-corrected chi connectivity index (χ4v) is 2.20. The molecule has 1 aromatic carbocycles. The molecule has 0 aliphatic heterocycles. The summed E-state index contributed by atoms with van der Waals surface area (Å²) in [5, 5.41) is 0. The Morgan fingerprint density at radius 3 is 2.39 bits per heavy atom. The molecule has 100 valence electrons. The molecule has 0 amide bonds. The third-order valence-electron chi connectivity index (χ3n) is 3.50. The third kappa shape index (κ3) is 6.64. The molecule has 1 unspecified atom stereocenters. The van der Waals surface area contributed by atoms with Gasteiger partial charge in [0.1, 0.15) is 0 Å². The first-order chi connectivity index (χ1) is 8.84. The lowest BCUT2D eigenvalue weighted by Crippen LogP contribution is -1.90. The van der Waals surface area contributed by atoms with Crippen molar-refractivity contribution in [2.45, 2.75) is 64.7 Å². The highest BCUT2D eigenvalue weighted by molar-refractivity contribution is 5.19. The van der Waals surface area contributed by atoms with Crippen molar-refractivity contribution in [1.29, 1.82) is 0 Å². The molecule has 0 aromatic heterocycles. The molecule has 0 nitrogen and oxygen atoms in total. The molecule has 0 heterocycles. The van der Waals surface area contributed by atoms with Crippen molar-refractivity contribution in [3.05, 3.63) is 48.0 Å². The Labute approximate surface area is 113 Å². The van der Waals surface area contributed by atoms with Crippen molar-refractivity contribution in [1.82, 2.24) is 0 Å². The number of rotatable bonds is 9. The van der Waals surface area contributed by atoms with Gasteiger partial charge in [-0.3, -0.25) is 0 Å². The fourth-order valence-electron chi connectivity index (χ4n) is 2.20. The normalized spacial score (nSPS) is 13.0. The minimum absolute atomic E-state index is 0.641. The van der Waals surface area contributed by atoms with E-state index in [-0.39, 0.29) is 0 Å². The van der Waals surface area contributed by atoms with E-state index in [0.717, 1.165) is 0 Å². The zero-order valence-corrected chi connectivity index (χ0v) is 12.1. The molecule has 0 N–H and O–H groups in total. The van der Waals surface area contributed by atoms with Crippen LogP contribution >= 0.6 is 0 Å². The molecule has 18 heavy (non-hydrogen) atoms. The molecule has 0 saturated heterocycles. The smallest absolute Gasteiger partial charge is 0.0156 e. The molecule has 0 bridgehead atoms. The molecule has 0 spiro atoms. The van der Waals surface area contributed by atoms with Gasteiger partial charge in [-0.15, -0.1) is 0 Å². The van der Waals surface area contributed by atoms with Gasteiger partial charge in [-0.25, -0.2) is 0 Å². The van der Waals surface area contributed by atoms with Gasteiger partial charge in [0.25, 0.3) is 0 Å². The van der Waals surface area contributed by atoms with Crippen LogP contribution in [0, 0.1) is 0 Å². The zero-order valence-electron chi connectivity index (χ0n) is 12.1. The predicted octanol–water partition coefficient (Wildman–Crippen LogP) is 6.10. The minimum atomic E-state index is 0.641. The molecule has 1 aromatic rings. The van der Waals surface area contributed by atoms with Crippen LogP contribution in [0.1, 0.15) is 70.3 Å². The van der Waals surface area contributed by atoms with Gasteiger partial charge in [-0.05, 0) is 30.7 Å². The van der Waals surface area contributed by atoms with Crippen molar-refractivity contribution in [2.24, 2.45) is 0 Å². The first kappa shape index (κ1) is 15.0. The molecule has 0 aliphatic carbocycles. The van der Waals surface area contributed by atoms with Crippen LogP contribution in [0.2, 0.25) is 0 Å². The number of hydrogen-bond donors (Lipinski definition) is 0. The maximum Gasteiger partial charge on any atom is -0.0156 e. The van der Waals surface area contributed by atoms with E-state index in [4.69, 9.17) is 0 Å². The summed E-state index contributed by atoms with van der Waals surface area (Å²) in [5.74, 6) is 0.641. The molecule has 0 fully saturated rings. The molecule has 1 atom stereocenters. The van der Waals surface area contributed by atoms with E-state index in [1.165, 1.54) is 50.5 Å². The van der Waals surface area contributed by atoms with Gasteiger partial charge in [0.15, 0.2) is 0 Å². The first-order valence-electron chi connectivity index (χ1n) is 7.54. The fraction of sp³-hybridized carbons (Fsp3) is 0.556. The van der Waals surface area contributed by atoms with E-state index in [0.29, 0.717) is 5.92 Å². The van der Waals surface area contributed by atoms with Crippen molar-refractivity contribution >= 4 is 0 Å². The highest BCUT2D eigenvalue weighted by Gasteiger charge is 2.01. The standard InChI is InChI=1S/C18H28/c1-3-4-5-6-7-8-9-11-14-17(2)18-15-12-10-13-16-18/h9-13,15-17H,3-8,14H2,1-2H3. The number of hydrogen-bond acceptors (Lipinski definition) is 0. The molecule has 0 heteroatoms. The molecular weight excluding hydrogens is 216 g/mol. The van der Waals surface area contributed by atoms with Crippen molar-refractivity contribution < 1.29 is 0 Å². The van der Waals surface area contributed by atoms with Crippen molar-refractivity contribution in [2.75, 3.05) is 0 Å². The second-order valence-electron chi connectivity index (χ2n) is 5.22. The van der Waals surface area contributed by atoms with E-state index in [9.17, 15) is 0 Å². The Hall–Kier alpha value is -1.04. The molecule has 0 radical (unpaired) electrons. The number of unbranched alkanes of at least 4 members (excludes halogenated alkanes) is 5. The maximum atomic E-state index is 2.37. The van der Waals surface area contributed by atoms with E-state index in [2.05, 4.69) is 56.3 Å².